The van der Waals surface area contributed by atoms with E-state index in [0.29, 0.717) is 11.3 Å². The third-order valence-corrected chi connectivity index (χ3v) is 5.82. The SMILES string of the molecule is O=c1c(-c2cc3ccccc3o2)cccn1C(CN1CCCC1)c1ccccc1. The molecule has 1 saturated heterocycles. The smallest absolute Gasteiger partial charge is 0.262 e. The molecule has 4 aromatic rings. The molecule has 5 rings (SSSR count). The van der Waals surface area contributed by atoms with Crippen LogP contribution in [0.2, 0.25) is 0 Å². The quantitative estimate of drug-likeness (QED) is 0.489. The van der Waals surface area contributed by atoms with Gasteiger partial charge in [-0.25, -0.2) is 0 Å². The number of furan rings is 1. The lowest BCUT2D eigenvalue weighted by molar-refractivity contribution is 0.295. The molecule has 0 N–H and O–H groups in total. The Labute approximate surface area is 170 Å². The number of benzene rings is 2. The van der Waals surface area contributed by atoms with Crippen LogP contribution in [-0.4, -0.2) is 29.1 Å². The van der Waals surface area contributed by atoms with E-state index in [0.717, 1.165) is 36.2 Å². The maximum Gasteiger partial charge on any atom is 0.262 e. The molecule has 3 heterocycles. The molecule has 1 fully saturated rings. The Hall–Kier alpha value is -3.11. The second-order valence-electron chi connectivity index (χ2n) is 7.72. The molecule has 1 atom stereocenters. The zero-order chi connectivity index (χ0) is 19.6. The van der Waals surface area contributed by atoms with Gasteiger partial charge in [-0.2, -0.15) is 0 Å². The second kappa shape index (κ2) is 7.72. The highest BCUT2D eigenvalue weighted by atomic mass is 16.3. The number of aromatic nitrogens is 1. The summed E-state index contributed by atoms with van der Waals surface area (Å²) < 4.78 is 7.86. The molecular formula is C25H24N2O2. The van der Waals surface area contributed by atoms with Gasteiger partial charge in [0, 0.05) is 18.1 Å². The van der Waals surface area contributed by atoms with Crippen LogP contribution in [0.5, 0.6) is 0 Å². The molecule has 0 radical (unpaired) electrons. The van der Waals surface area contributed by atoms with Crippen molar-refractivity contribution in [1.29, 1.82) is 0 Å². The molecule has 4 heteroatoms. The number of hydrogen-bond donors (Lipinski definition) is 0. The molecule has 1 aliphatic heterocycles. The molecule has 2 aromatic carbocycles. The maximum atomic E-state index is 13.5. The van der Waals surface area contributed by atoms with Gasteiger partial charge in [0.2, 0.25) is 0 Å². The minimum atomic E-state index is -0.0221. The van der Waals surface area contributed by atoms with Crippen molar-refractivity contribution in [2.45, 2.75) is 18.9 Å². The van der Waals surface area contributed by atoms with Crippen molar-refractivity contribution >= 4 is 11.0 Å². The van der Waals surface area contributed by atoms with Crippen LogP contribution in [-0.2, 0) is 0 Å². The van der Waals surface area contributed by atoms with Gasteiger partial charge in [-0.05, 0) is 55.8 Å². The Morgan fingerprint density at radius 1 is 0.897 bits per heavy atom. The Morgan fingerprint density at radius 2 is 1.66 bits per heavy atom. The highest BCUT2D eigenvalue weighted by molar-refractivity contribution is 5.82. The molecule has 1 unspecified atom stereocenters. The first kappa shape index (κ1) is 18.0. The molecule has 0 bridgehead atoms. The van der Waals surface area contributed by atoms with E-state index in [1.165, 1.54) is 12.8 Å². The van der Waals surface area contributed by atoms with Gasteiger partial charge >= 0.3 is 0 Å². The van der Waals surface area contributed by atoms with E-state index >= 15 is 0 Å². The summed E-state index contributed by atoms with van der Waals surface area (Å²) in [5.74, 6) is 0.624. The van der Waals surface area contributed by atoms with Crippen LogP contribution in [0.4, 0.5) is 0 Å². The normalized spacial score (nSPS) is 15.7. The minimum absolute atomic E-state index is 0.0143. The lowest BCUT2D eigenvalue weighted by Crippen LogP contribution is -2.34. The van der Waals surface area contributed by atoms with Crippen LogP contribution in [0.15, 0.2) is 88.2 Å². The summed E-state index contributed by atoms with van der Waals surface area (Å²) in [7, 11) is 0. The topological polar surface area (TPSA) is 38.4 Å². The van der Waals surface area contributed by atoms with Crippen LogP contribution in [0, 0.1) is 0 Å². The van der Waals surface area contributed by atoms with Crippen LogP contribution >= 0.6 is 0 Å². The van der Waals surface area contributed by atoms with E-state index in [9.17, 15) is 4.79 Å². The summed E-state index contributed by atoms with van der Waals surface area (Å²) in [5, 5.41) is 1.01. The molecule has 146 valence electrons. The molecule has 0 aliphatic carbocycles. The van der Waals surface area contributed by atoms with Crippen molar-refractivity contribution in [3.63, 3.8) is 0 Å². The molecule has 0 spiro atoms. The first-order valence-corrected chi connectivity index (χ1v) is 10.3. The Morgan fingerprint density at radius 3 is 2.45 bits per heavy atom. The Balaban J connectivity index is 1.59. The number of likely N-dealkylation sites (tertiary alicyclic amines) is 1. The van der Waals surface area contributed by atoms with E-state index in [1.807, 2.05) is 71.4 Å². The first-order chi connectivity index (χ1) is 14.3. The Bertz CT molecular complexity index is 1140. The highest BCUT2D eigenvalue weighted by Gasteiger charge is 2.22. The summed E-state index contributed by atoms with van der Waals surface area (Å²) in [5.41, 5.74) is 2.54. The van der Waals surface area contributed by atoms with E-state index in [1.54, 1.807) is 0 Å². The molecule has 2 aromatic heterocycles. The van der Waals surface area contributed by atoms with Crippen molar-refractivity contribution in [2.75, 3.05) is 19.6 Å². The number of fused-ring (bicyclic) bond motifs is 1. The van der Waals surface area contributed by atoms with Gasteiger partial charge in [0.15, 0.2) is 0 Å². The van der Waals surface area contributed by atoms with E-state index < -0.39 is 0 Å². The number of para-hydroxylation sites is 1. The van der Waals surface area contributed by atoms with Crippen molar-refractivity contribution in [3.05, 3.63) is 94.9 Å². The average Bonchev–Trinajstić information content (AvgIpc) is 3.43. The monoisotopic (exact) mass is 384 g/mol. The molecule has 1 aliphatic rings. The Kier molecular flexibility index (Phi) is 4.78. The lowest BCUT2D eigenvalue weighted by atomic mass is 10.1. The maximum absolute atomic E-state index is 13.5. The van der Waals surface area contributed by atoms with Crippen LogP contribution in [0.3, 0.4) is 0 Å². The third kappa shape index (κ3) is 3.52. The van der Waals surface area contributed by atoms with Gasteiger partial charge in [-0.3, -0.25) is 4.79 Å². The van der Waals surface area contributed by atoms with Gasteiger partial charge < -0.3 is 13.9 Å². The summed E-state index contributed by atoms with van der Waals surface area (Å²) >= 11 is 0. The van der Waals surface area contributed by atoms with E-state index in [-0.39, 0.29) is 11.6 Å². The zero-order valence-corrected chi connectivity index (χ0v) is 16.3. The molecule has 29 heavy (non-hydrogen) atoms. The molecule has 0 saturated carbocycles. The van der Waals surface area contributed by atoms with Gasteiger partial charge in [0.05, 0.1) is 11.6 Å². The van der Waals surface area contributed by atoms with Gasteiger partial charge in [0.25, 0.3) is 5.56 Å². The van der Waals surface area contributed by atoms with Crippen LogP contribution < -0.4 is 5.56 Å². The summed E-state index contributed by atoms with van der Waals surface area (Å²) in [4.78, 5) is 16.0. The summed E-state index contributed by atoms with van der Waals surface area (Å²) in [6, 6.07) is 23.9. The lowest BCUT2D eigenvalue weighted by Gasteiger charge is -2.26. The average molecular weight is 384 g/mol. The van der Waals surface area contributed by atoms with Gasteiger partial charge in [-0.15, -0.1) is 0 Å². The number of hydrogen-bond acceptors (Lipinski definition) is 3. The van der Waals surface area contributed by atoms with Gasteiger partial charge in [0.1, 0.15) is 11.3 Å². The zero-order valence-electron chi connectivity index (χ0n) is 16.3. The number of nitrogens with zero attached hydrogens (tertiary/aromatic N) is 2. The van der Waals surface area contributed by atoms with Gasteiger partial charge in [-0.1, -0.05) is 48.5 Å². The fourth-order valence-electron chi connectivity index (χ4n) is 4.30. The largest absolute Gasteiger partial charge is 0.456 e. The first-order valence-electron chi connectivity index (χ1n) is 10.3. The number of pyridine rings is 1. The van der Waals surface area contributed by atoms with E-state index in [4.69, 9.17) is 4.42 Å². The van der Waals surface area contributed by atoms with Crippen molar-refractivity contribution in [2.24, 2.45) is 0 Å². The summed E-state index contributed by atoms with van der Waals surface area (Å²) in [6.07, 6.45) is 4.37. The minimum Gasteiger partial charge on any atom is -0.456 e. The molecule has 0 amide bonds. The predicted molar refractivity (Wildman–Crippen MR) is 116 cm³/mol. The molecular weight excluding hydrogens is 360 g/mol. The van der Waals surface area contributed by atoms with E-state index in [2.05, 4.69) is 17.0 Å². The fraction of sp³-hybridized carbons (Fsp3) is 0.240. The van der Waals surface area contributed by atoms with Crippen LogP contribution in [0.25, 0.3) is 22.3 Å². The van der Waals surface area contributed by atoms with Crippen molar-refractivity contribution in [3.8, 4) is 11.3 Å². The molecule has 4 nitrogen and oxygen atoms in total. The highest BCUT2D eigenvalue weighted by Crippen LogP contribution is 2.27. The van der Waals surface area contributed by atoms with Crippen molar-refractivity contribution in [1.82, 2.24) is 9.47 Å². The predicted octanol–water partition coefficient (Wildman–Crippen LogP) is 4.95. The summed E-state index contributed by atoms with van der Waals surface area (Å²) in [6.45, 7) is 3.04. The second-order valence-corrected chi connectivity index (χ2v) is 7.72. The van der Waals surface area contributed by atoms with Crippen molar-refractivity contribution < 1.29 is 4.42 Å². The van der Waals surface area contributed by atoms with Crippen LogP contribution in [0.1, 0.15) is 24.4 Å². The fourth-order valence-corrected chi connectivity index (χ4v) is 4.30. The third-order valence-electron chi connectivity index (χ3n) is 5.82. The number of rotatable bonds is 5. The standard InChI is InChI=1S/C25H24N2O2/c28-25-21(24-17-20-11-4-5-13-23(20)29-24)12-8-16-27(25)22(18-26-14-6-7-15-26)19-9-2-1-3-10-19/h1-5,8-13,16-17,22H,6-7,14-15,18H2.